The first kappa shape index (κ1) is 25.1. The molecule has 0 saturated heterocycles. The molecule has 174 valence electrons. The van der Waals surface area contributed by atoms with E-state index in [0.717, 1.165) is 36.4 Å². The molecule has 32 heavy (non-hydrogen) atoms. The lowest BCUT2D eigenvalue weighted by molar-refractivity contribution is -0.204. The SMILES string of the molecule is CCOC(=O)[C@](NC(=O)c1ccccc1F)(Nc1ccc(OC(F)(F)Cl)cc1)C(F)(F)F. The highest BCUT2D eigenvalue weighted by Crippen LogP contribution is 2.34. The number of halogens is 7. The second-order valence-corrected chi connectivity index (χ2v) is 6.54. The van der Waals surface area contributed by atoms with Gasteiger partial charge in [-0.25, -0.2) is 9.18 Å². The molecule has 0 unspecified atom stereocenters. The molecular weight excluding hydrogens is 470 g/mol. The van der Waals surface area contributed by atoms with Crippen molar-refractivity contribution in [1.29, 1.82) is 0 Å². The van der Waals surface area contributed by atoms with Gasteiger partial charge in [-0.2, -0.15) is 13.2 Å². The monoisotopic (exact) mass is 484 g/mol. The molecule has 0 heterocycles. The number of ether oxygens (including phenoxy) is 2. The third kappa shape index (κ3) is 5.96. The number of alkyl halides is 6. The van der Waals surface area contributed by atoms with Crippen molar-refractivity contribution in [1.82, 2.24) is 5.32 Å². The molecule has 0 aliphatic carbocycles. The predicted molar refractivity (Wildman–Crippen MR) is 101 cm³/mol. The third-order valence-electron chi connectivity index (χ3n) is 3.85. The van der Waals surface area contributed by atoms with Crippen LogP contribution in [-0.4, -0.2) is 35.9 Å². The summed E-state index contributed by atoms with van der Waals surface area (Å²) in [6, 6.07) is 7.55. The lowest BCUT2D eigenvalue weighted by Gasteiger charge is -2.35. The van der Waals surface area contributed by atoms with Gasteiger partial charge in [-0.1, -0.05) is 12.1 Å². The molecule has 2 rings (SSSR count). The fourth-order valence-corrected chi connectivity index (χ4v) is 2.56. The minimum atomic E-state index is -5.49. The van der Waals surface area contributed by atoms with Gasteiger partial charge in [0.1, 0.15) is 11.6 Å². The third-order valence-corrected chi connectivity index (χ3v) is 3.92. The van der Waals surface area contributed by atoms with Crippen LogP contribution in [0.15, 0.2) is 48.5 Å². The fraction of sp³-hybridized carbons (Fsp3) is 0.263. The lowest BCUT2D eigenvalue weighted by Crippen LogP contribution is -2.69. The van der Waals surface area contributed by atoms with Gasteiger partial charge < -0.3 is 20.1 Å². The first-order valence-corrected chi connectivity index (χ1v) is 9.12. The van der Waals surface area contributed by atoms with Gasteiger partial charge in [0.25, 0.3) is 5.91 Å². The van der Waals surface area contributed by atoms with Crippen molar-refractivity contribution in [2.45, 2.75) is 24.3 Å². The second kappa shape index (κ2) is 9.55. The Bertz CT molecular complexity index is 966. The van der Waals surface area contributed by atoms with Gasteiger partial charge in [-0.05, 0) is 43.3 Å². The summed E-state index contributed by atoms with van der Waals surface area (Å²) in [4.78, 5) is 24.8. The van der Waals surface area contributed by atoms with Gasteiger partial charge in [-0.15, -0.1) is 8.78 Å². The Kier molecular flexibility index (Phi) is 7.50. The van der Waals surface area contributed by atoms with Crippen LogP contribution in [0.3, 0.4) is 0 Å². The largest absolute Gasteiger partial charge is 0.487 e. The predicted octanol–water partition coefficient (Wildman–Crippen LogP) is 4.66. The van der Waals surface area contributed by atoms with Crippen LogP contribution in [0.5, 0.6) is 5.75 Å². The zero-order chi connectivity index (χ0) is 24.2. The number of esters is 1. The van der Waals surface area contributed by atoms with Gasteiger partial charge in [0, 0.05) is 17.3 Å². The van der Waals surface area contributed by atoms with Gasteiger partial charge in [-0.3, -0.25) is 4.79 Å². The van der Waals surface area contributed by atoms with Crippen molar-refractivity contribution in [3.05, 3.63) is 59.9 Å². The van der Waals surface area contributed by atoms with Crippen LogP contribution in [-0.2, 0) is 9.53 Å². The number of carbonyl (C=O) groups excluding carboxylic acids is 2. The van der Waals surface area contributed by atoms with Crippen molar-refractivity contribution in [2.24, 2.45) is 0 Å². The molecule has 0 saturated carbocycles. The fourth-order valence-electron chi connectivity index (χ4n) is 2.47. The van der Waals surface area contributed by atoms with E-state index in [2.05, 4.69) is 21.1 Å². The molecule has 0 spiro atoms. The summed E-state index contributed by atoms with van der Waals surface area (Å²) in [5.74, 6) is -5.14. The standard InChI is InChI=1S/C19H15ClF6N2O4/c1-2-31-16(30)17(18(22,23)24,28-15(29)13-5-3-4-6-14(13)21)27-11-7-9-12(10-8-11)32-19(20,25)26/h3-10,27H,2H2,1H3,(H,28,29)/t17-/m1/s1. The molecule has 0 aliphatic rings. The summed E-state index contributed by atoms with van der Waals surface area (Å²) >= 11 is 4.62. The van der Waals surface area contributed by atoms with E-state index in [-0.39, 0.29) is 0 Å². The summed E-state index contributed by atoms with van der Waals surface area (Å²) in [6.45, 7) is 0.752. The zero-order valence-corrected chi connectivity index (χ0v) is 16.9. The number of nitrogens with one attached hydrogen (secondary N) is 2. The summed E-state index contributed by atoms with van der Waals surface area (Å²) in [6.07, 6.45) is -5.49. The van der Waals surface area contributed by atoms with Gasteiger partial charge in [0.2, 0.25) is 0 Å². The molecule has 1 amide bonds. The van der Waals surface area contributed by atoms with Crippen LogP contribution in [0, 0.1) is 5.82 Å². The Morgan fingerprint density at radius 1 is 1.00 bits per heavy atom. The number of benzene rings is 2. The number of rotatable bonds is 8. The Hall–Kier alpha value is -3.15. The minimum Gasteiger partial charge on any atom is -0.463 e. The van der Waals surface area contributed by atoms with Gasteiger partial charge in [0.05, 0.1) is 12.2 Å². The van der Waals surface area contributed by atoms with Crippen LogP contribution in [0.25, 0.3) is 0 Å². The van der Waals surface area contributed by atoms with Crippen molar-refractivity contribution in [3.8, 4) is 5.75 Å². The Morgan fingerprint density at radius 3 is 2.09 bits per heavy atom. The van der Waals surface area contributed by atoms with E-state index in [9.17, 15) is 35.9 Å². The van der Waals surface area contributed by atoms with Crippen LogP contribution < -0.4 is 15.4 Å². The maximum atomic E-state index is 14.1. The van der Waals surface area contributed by atoms with Crippen LogP contribution in [0.4, 0.5) is 32.0 Å². The second-order valence-electron chi connectivity index (χ2n) is 6.10. The van der Waals surface area contributed by atoms with E-state index in [1.54, 1.807) is 5.32 Å². The molecule has 0 radical (unpaired) electrons. The molecule has 2 N–H and O–H groups in total. The van der Waals surface area contributed by atoms with E-state index >= 15 is 0 Å². The Labute approximate surface area is 182 Å². The average molecular weight is 485 g/mol. The molecule has 2 aromatic rings. The number of hydrogen-bond acceptors (Lipinski definition) is 5. The number of anilines is 1. The lowest BCUT2D eigenvalue weighted by atomic mass is 10.1. The molecule has 0 fully saturated rings. The van der Waals surface area contributed by atoms with Crippen molar-refractivity contribution >= 4 is 29.2 Å². The highest BCUT2D eigenvalue weighted by molar-refractivity contribution is 6.20. The molecule has 0 bridgehead atoms. The molecule has 0 aromatic heterocycles. The first-order chi connectivity index (χ1) is 14.8. The van der Waals surface area contributed by atoms with E-state index in [1.165, 1.54) is 24.4 Å². The van der Waals surface area contributed by atoms with Crippen LogP contribution >= 0.6 is 11.6 Å². The van der Waals surface area contributed by atoms with Crippen LogP contribution in [0.1, 0.15) is 17.3 Å². The van der Waals surface area contributed by atoms with Gasteiger partial charge >= 0.3 is 23.4 Å². The Morgan fingerprint density at radius 2 is 1.59 bits per heavy atom. The van der Waals surface area contributed by atoms with E-state index in [1.807, 2.05) is 0 Å². The smallest absolute Gasteiger partial charge is 0.463 e. The number of amides is 1. The number of hydrogen-bond donors (Lipinski definition) is 2. The normalized spacial score (nSPS) is 13.6. The van der Waals surface area contributed by atoms with E-state index in [0.29, 0.717) is 0 Å². The van der Waals surface area contributed by atoms with Crippen molar-refractivity contribution < 1.29 is 45.4 Å². The van der Waals surface area contributed by atoms with Crippen LogP contribution in [0.2, 0.25) is 0 Å². The minimum absolute atomic E-state index is 0.450. The molecule has 1 atom stereocenters. The first-order valence-electron chi connectivity index (χ1n) is 8.74. The highest BCUT2D eigenvalue weighted by atomic mass is 35.5. The van der Waals surface area contributed by atoms with Crippen molar-refractivity contribution in [2.75, 3.05) is 11.9 Å². The molecule has 0 aliphatic heterocycles. The maximum absolute atomic E-state index is 14.1. The summed E-state index contributed by atoms with van der Waals surface area (Å²) in [5.41, 5.74) is -9.13. The molecule has 2 aromatic carbocycles. The highest BCUT2D eigenvalue weighted by Gasteiger charge is 2.63. The average Bonchev–Trinajstić information content (AvgIpc) is 2.67. The molecule has 6 nitrogen and oxygen atoms in total. The Balaban J connectivity index is 2.46. The van der Waals surface area contributed by atoms with E-state index < -0.39 is 58.7 Å². The topological polar surface area (TPSA) is 76.7 Å². The number of carbonyl (C=O) groups is 2. The summed E-state index contributed by atoms with van der Waals surface area (Å²) in [5, 5.41) is 3.25. The van der Waals surface area contributed by atoms with E-state index in [4.69, 9.17) is 0 Å². The molecule has 13 heteroatoms. The summed E-state index contributed by atoms with van der Waals surface area (Å²) < 4.78 is 90.2. The quantitative estimate of drug-likeness (QED) is 0.247. The zero-order valence-electron chi connectivity index (χ0n) is 16.1. The van der Waals surface area contributed by atoms with Crippen molar-refractivity contribution in [3.63, 3.8) is 0 Å². The molecular formula is C19H15ClF6N2O4. The van der Waals surface area contributed by atoms with Gasteiger partial charge in [0.15, 0.2) is 0 Å². The summed E-state index contributed by atoms with van der Waals surface area (Å²) in [7, 11) is 0. The maximum Gasteiger partial charge on any atom is 0.487 e.